The highest BCUT2D eigenvalue weighted by molar-refractivity contribution is 5.75. The highest BCUT2D eigenvalue weighted by Gasteiger charge is 2.04. The van der Waals surface area contributed by atoms with E-state index in [-0.39, 0.29) is 13.0 Å². The molecule has 3 N–H and O–H groups in total. The fourth-order valence-electron chi connectivity index (χ4n) is 0.410. The van der Waals surface area contributed by atoms with Crippen LogP contribution in [-0.2, 0) is 4.79 Å². The van der Waals surface area contributed by atoms with Crippen LogP contribution in [-0.4, -0.2) is 25.4 Å². The van der Waals surface area contributed by atoms with Crippen molar-refractivity contribution in [2.24, 2.45) is 5.73 Å². The summed E-state index contributed by atoms with van der Waals surface area (Å²) in [6.45, 7) is -0.395. The molecular weight excluding hydrogens is 142 g/mol. The molecule has 0 aliphatic rings. The third kappa shape index (κ3) is 5.43. The molecule has 10 heavy (non-hydrogen) atoms. The van der Waals surface area contributed by atoms with Crippen molar-refractivity contribution in [2.75, 3.05) is 13.1 Å². The van der Waals surface area contributed by atoms with Gasteiger partial charge in [0.25, 0.3) is 6.43 Å². The molecule has 0 rings (SSSR count). The fraction of sp³-hybridized carbons (Fsp3) is 0.800. The van der Waals surface area contributed by atoms with Gasteiger partial charge in [0, 0.05) is 13.0 Å². The number of nitrogens with one attached hydrogen (secondary N) is 1. The molecule has 0 aliphatic heterocycles. The summed E-state index contributed by atoms with van der Waals surface area (Å²) in [7, 11) is 0. The van der Waals surface area contributed by atoms with Crippen molar-refractivity contribution in [1.29, 1.82) is 0 Å². The highest BCUT2D eigenvalue weighted by atomic mass is 19.3. The molecular formula is C5H10F2N2O. The number of hydrogen-bond acceptors (Lipinski definition) is 2. The molecule has 1 amide bonds. The summed E-state index contributed by atoms with van der Waals surface area (Å²) in [5.74, 6) is -0.428. The zero-order chi connectivity index (χ0) is 7.98. The summed E-state index contributed by atoms with van der Waals surface area (Å²) in [5.41, 5.74) is 4.99. The van der Waals surface area contributed by atoms with Gasteiger partial charge in [-0.3, -0.25) is 4.79 Å². The Morgan fingerprint density at radius 1 is 1.60 bits per heavy atom. The molecule has 60 valence electrons. The van der Waals surface area contributed by atoms with E-state index in [4.69, 9.17) is 5.73 Å². The molecule has 0 saturated heterocycles. The third-order valence-electron chi connectivity index (χ3n) is 0.825. The number of nitrogens with two attached hydrogens (primary N) is 1. The standard InChI is InChI=1S/C5H10F2N2O/c6-4(7)3-9-5(10)1-2-8/h4H,1-3,8H2,(H,9,10). The Morgan fingerprint density at radius 2 is 2.20 bits per heavy atom. The van der Waals surface area contributed by atoms with Crippen LogP contribution in [0.3, 0.4) is 0 Å². The van der Waals surface area contributed by atoms with Gasteiger partial charge in [-0.1, -0.05) is 0 Å². The smallest absolute Gasteiger partial charge is 0.255 e. The van der Waals surface area contributed by atoms with Gasteiger partial charge in [-0.2, -0.15) is 0 Å². The highest BCUT2D eigenvalue weighted by Crippen LogP contribution is 1.87. The second kappa shape index (κ2) is 5.10. The van der Waals surface area contributed by atoms with E-state index >= 15 is 0 Å². The summed E-state index contributed by atoms with van der Waals surface area (Å²) >= 11 is 0. The molecule has 0 bridgehead atoms. The van der Waals surface area contributed by atoms with Crippen molar-refractivity contribution < 1.29 is 13.6 Å². The SMILES string of the molecule is NCCC(=O)NCC(F)F. The number of carbonyl (C=O) groups is 1. The maximum Gasteiger partial charge on any atom is 0.255 e. The average Bonchev–Trinajstić information content (AvgIpc) is 1.85. The third-order valence-corrected chi connectivity index (χ3v) is 0.825. The van der Waals surface area contributed by atoms with E-state index in [9.17, 15) is 13.6 Å². The molecule has 3 nitrogen and oxygen atoms in total. The number of alkyl halides is 2. The Labute approximate surface area is 57.6 Å². The monoisotopic (exact) mass is 152 g/mol. The van der Waals surface area contributed by atoms with Gasteiger partial charge in [0.15, 0.2) is 0 Å². The lowest BCUT2D eigenvalue weighted by molar-refractivity contribution is -0.121. The second-order valence-electron chi connectivity index (χ2n) is 1.73. The van der Waals surface area contributed by atoms with E-state index in [1.165, 1.54) is 0 Å². The number of hydrogen-bond donors (Lipinski definition) is 2. The second-order valence-corrected chi connectivity index (χ2v) is 1.73. The molecule has 0 unspecified atom stereocenters. The van der Waals surface area contributed by atoms with Crippen molar-refractivity contribution in [2.45, 2.75) is 12.8 Å². The van der Waals surface area contributed by atoms with E-state index in [0.717, 1.165) is 0 Å². The van der Waals surface area contributed by atoms with Crippen molar-refractivity contribution in [3.05, 3.63) is 0 Å². The maximum atomic E-state index is 11.4. The largest absolute Gasteiger partial charge is 0.350 e. The minimum absolute atomic E-state index is 0.104. The van der Waals surface area contributed by atoms with Crippen LogP contribution in [0.15, 0.2) is 0 Å². The normalized spacial score (nSPS) is 10.0. The maximum absolute atomic E-state index is 11.4. The van der Waals surface area contributed by atoms with Gasteiger partial charge in [0.05, 0.1) is 6.54 Å². The fourth-order valence-corrected chi connectivity index (χ4v) is 0.410. The molecule has 0 fully saturated rings. The first-order valence-electron chi connectivity index (χ1n) is 2.91. The van der Waals surface area contributed by atoms with Crippen LogP contribution >= 0.6 is 0 Å². The van der Waals surface area contributed by atoms with Gasteiger partial charge in [-0.15, -0.1) is 0 Å². The van der Waals surface area contributed by atoms with E-state index < -0.39 is 18.9 Å². The van der Waals surface area contributed by atoms with Crippen LogP contribution in [0, 0.1) is 0 Å². The van der Waals surface area contributed by atoms with E-state index in [2.05, 4.69) is 0 Å². The number of amides is 1. The summed E-state index contributed by atoms with van der Waals surface area (Å²) in [6, 6.07) is 0. The zero-order valence-corrected chi connectivity index (χ0v) is 5.44. The van der Waals surface area contributed by atoms with Gasteiger partial charge in [0.2, 0.25) is 5.91 Å². The van der Waals surface area contributed by atoms with E-state index in [1.54, 1.807) is 0 Å². The Bertz CT molecular complexity index is 108. The number of rotatable bonds is 4. The summed E-state index contributed by atoms with van der Waals surface area (Å²) in [4.78, 5) is 10.4. The van der Waals surface area contributed by atoms with Crippen LogP contribution in [0.1, 0.15) is 6.42 Å². The topological polar surface area (TPSA) is 55.1 Å². The molecule has 0 aromatic rings. The Morgan fingerprint density at radius 3 is 2.60 bits per heavy atom. The Balaban J connectivity index is 3.22. The first kappa shape index (κ1) is 9.29. The lowest BCUT2D eigenvalue weighted by Crippen LogP contribution is -2.29. The molecule has 0 radical (unpaired) electrons. The lowest BCUT2D eigenvalue weighted by Gasteiger charge is -2.01. The van der Waals surface area contributed by atoms with Gasteiger partial charge in [-0.05, 0) is 0 Å². The molecule has 0 spiro atoms. The quantitative estimate of drug-likeness (QED) is 0.582. The Hall–Kier alpha value is -0.710. The predicted molar refractivity (Wildman–Crippen MR) is 32.7 cm³/mol. The molecule has 0 aromatic carbocycles. The van der Waals surface area contributed by atoms with Crippen LogP contribution in [0.25, 0.3) is 0 Å². The van der Waals surface area contributed by atoms with E-state index in [1.807, 2.05) is 5.32 Å². The van der Waals surface area contributed by atoms with Crippen molar-refractivity contribution in [3.8, 4) is 0 Å². The molecule has 0 atom stereocenters. The minimum Gasteiger partial charge on any atom is -0.350 e. The molecule has 0 heterocycles. The number of halogens is 2. The van der Waals surface area contributed by atoms with Crippen molar-refractivity contribution in [1.82, 2.24) is 5.32 Å². The molecule has 5 heteroatoms. The van der Waals surface area contributed by atoms with Gasteiger partial charge in [-0.25, -0.2) is 8.78 Å². The molecule has 0 saturated carbocycles. The first-order valence-corrected chi connectivity index (χ1v) is 2.91. The number of carbonyl (C=O) groups excluding carboxylic acids is 1. The zero-order valence-electron chi connectivity index (χ0n) is 5.44. The van der Waals surface area contributed by atoms with Gasteiger partial charge in [0.1, 0.15) is 0 Å². The van der Waals surface area contributed by atoms with Crippen LogP contribution < -0.4 is 11.1 Å². The lowest BCUT2D eigenvalue weighted by atomic mass is 10.4. The van der Waals surface area contributed by atoms with Crippen LogP contribution in [0.5, 0.6) is 0 Å². The first-order chi connectivity index (χ1) is 4.66. The van der Waals surface area contributed by atoms with Crippen molar-refractivity contribution in [3.63, 3.8) is 0 Å². The minimum atomic E-state index is -2.48. The summed E-state index contributed by atoms with van der Waals surface area (Å²) in [5, 5.41) is 2.01. The van der Waals surface area contributed by atoms with Gasteiger partial charge < -0.3 is 11.1 Å². The molecule has 0 aliphatic carbocycles. The van der Waals surface area contributed by atoms with Crippen LogP contribution in [0.4, 0.5) is 8.78 Å². The predicted octanol–water partition coefficient (Wildman–Crippen LogP) is -0.283. The van der Waals surface area contributed by atoms with Crippen LogP contribution in [0.2, 0.25) is 0 Å². The Kier molecular flexibility index (Phi) is 4.74. The summed E-state index contributed by atoms with van der Waals surface area (Å²) < 4.78 is 22.8. The summed E-state index contributed by atoms with van der Waals surface area (Å²) in [6.07, 6.45) is -2.38. The van der Waals surface area contributed by atoms with E-state index in [0.29, 0.717) is 0 Å². The van der Waals surface area contributed by atoms with Crippen molar-refractivity contribution >= 4 is 5.91 Å². The van der Waals surface area contributed by atoms with Gasteiger partial charge >= 0.3 is 0 Å². The molecule has 0 aromatic heterocycles. The average molecular weight is 152 g/mol.